The number of hydrogen-bond acceptors (Lipinski definition) is 1. The van der Waals surface area contributed by atoms with Crippen LogP contribution >= 0.6 is 0 Å². The highest BCUT2D eigenvalue weighted by atomic mass is 16.5. The molecule has 4 unspecified atom stereocenters. The molecule has 0 fully saturated rings. The van der Waals surface area contributed by atoms with E-state index in [2.05, 4.69) is 74.5 Å². The molecule has 1 nitrogen and oxygen atoms in total. The van der Waals surface area contributed by atoms with Crippen molar-refractivity contribution in [2.45, 2.75) is 190 Å². The van der Waals surface area contributed by atoms with Gasteiger partial charge in [0.25, 0.3) is 0 Å². The standard InChI is InChI=1S/C38H74O/c1-11-19-32(2)22-14-25-35(5)26-15-23-33(3)20-12-13-21-34(4)24-16-27-36(6)28-17-29-37(7)30-18-31-38(8,9)39-10/h21,29,32-33,35-36H,11-20,22-28,30-31H2,1-10H3/b34-21+,37-29+. The first kappa shape index (κ1) is 38.4. The molecule has 0 aliphatic rings. The summed E-state index contributed by atoms with van der Waals surface area (Å²) in [5, 5.41) is 0. The molecule has 39 heavy (non-hydrogen) atoms. The Morgan fingerprint density at radius 1 is 0.590 bits per heavy atom. The van der Waals surface area contributed by atoms with Crippen LogP contribution in [0.25, 0.3) is 0 Å². The van der Waals surface area contributed by atoms with Gasteiger partial charge in [-0.15, -0.1) is 0 Å². The van der Waals surface area contributed by atoms with Crippen LogP contribution < -0.4 is 0 Å². The Hall–Kier alpha value is -0.560. The SMILES string of the molecule is CCCC(C)CCCC(C)CCCC(C)CCC/C=C(\C)CCCC(C)CC/C=C(\C)CCCC(C)(C)OC. The second kappa shape index (κ2) is 24.1. The molecule has 1 heteroatoms. The second-order valence-corrected chi connectivity index (χ2v) is 14.4. The third kappa shape index (κ3) is 24.9. The monoisotopic (exact) mass is 547 g/mol. The molecule has 232 valence electrons. The number of methoxy groups -OCH3 is 1. The normalized spacial score (nSPS) is 16.4. The molecular weight excluding hydrogens is 472 g/mol. The van der Waals surface area contributed by atoms with Crippen LogP contribution in [-0.4, -0.2) is 12.7 Å². The number of hydrogen-bond donors (Lipinski definition) is 0. The van der Waals surface area contributed by atoms with Crippen molar-refractivity contribution < 1.29 is 4.74 Å². The van der Waals surface area contributed by atoms with Gasteiger partial charge in [0, 0.05) is 7.11 Å². The van der Waals surface area contributed by atoms with Gasteiger partial charge >= 0.3 is 0 Å². The maximum absolute atomic E-state index is 5.54. The predicted molar refractivity (Wildman–Crippen MR) is 179 cm³/mol. The van der Waals surface area contributed by atoms with Crippen molar-refractivity contribution in [2.75, 3.05) is 7.11 Å². The van der Waals surface area contributed by atoms with Crippen LogP contribution in [0.5, 0.6) is 0 Å². The molecule has 0 heterocycles. The third-order valence-electron chi connectivity index (χ3n) is 9.29. The first-order chi connectivity index (χ1) is 18.5. The lowest BCUT2D eigenvalue weighted by Gasteiger charge is -2.22. The van der Waals surface area contributed by atoms with E-state index >= 15 is 0 Å². The van der Waals surface area contributed by atoms with Gasteiger partial charge in [0.05, 0.1) is 5.60 Å². The second-order valence-electron chi connectivity index (χ2n) is 14.4. The van der Waals surface area contributed by atoms with E-state index < -0.39 is 0 Å². The molecule has 0 N–H and O–H groups in total. The summed E-state index contributed by atoms with van der Waals surface area (Å²) in [6.45, 7) is 21.2. The molecule has 0 aromatic carbocycles. The van der Waals surface area contributed by atoms with Crippen LogP contribution in [0, 0.1) is 23.7 Å². The Morgan fingerprint density at radius 3 is 1.56 bits per heavy atom. The third-order valence-corrected chi connectivity index (χ3v) is 9.29. The van der Waals surface area contributed by atoms with Crippen molar-refractivity contribution in [1.29, 1.82) is 0 Å². The molecule has 0 aromatic heterocycles. The summed E-state index contributed by atoms with van der Waals surface area (Å²) < 4.78 is 5.54. The molecule has 0 saturated carbocycles. The van der Waals surface area contributed by atoms with E-state index in [-0.39, 0.29) is 5.60 Å². The predicted octanol–water partition coefficient (Wildman–Crippen LogP) is 13.3. The van der Waals surface area contributed by atoms with Crippen LogP contribution in [0.4, 0.5) is 0 Å². The first-order valence-electron chi connectivity index (χ1n) is 17.3. The highest BCUT2D eigenvalue weighted by Gasteiger charge is 2.15. The van der Waals surface area contributed by atoms with E-state index in [0.717, 1.165) is 30.1 Å². The topological polar surface area (TPSA) is 9.23 Å². The van der Waals surface area contributed by atoms with Gasteiger partial charge in [-0.3, -0.25) is 0 Å². The minimum absolute atomic E-state index is 0.0182. The van der Waals surface area contributed by atoms with Crippen molar-refractivity contribution >= 4 is 0 Å². The Balaban J connectivity index is 3.82. The summed E-state index contributed by atoms with van der Waals surface area (Å²) >= 11 is 0. The molecule has 0 bridgehead atoms. The Kier molecular flexibility index (Phi) is 23.7. The highest BCUT2D eigenvalue weighted by Crippen LogP contribution is 2.24. The fourth-order valence-electron chi connectivity index (χ4n) is 5.96. The Bertz CT molecular complexity index is 612. The summed E-state index contributed by atoms with van der Waals surface area (Å²) in [5.74, 6) is 3.58. The Labute approximate surface area is 248 Å². The van der Waals surface area contributed by atoms with Gasteiger partial charge in [-0.25, -0.2) is 0 Å². The van der Waals surface area contributed by atoms with Crippen molar-refractivity contribution in [3.63, 3.8) is 0 Å². The molecule has 0 aromatic rings. The summed E-state index contributed by atoms with van der Waals surface area (Å²) in [7, 11) is 1.82. The lowest BCUT2D eigenvalue weighted by Crippen LogP contribution is -2.21. The van der Waals surface area contributed by atoms with Gasteiger partial charge < -0.3 is 4.74 Å². The minimum Gasteiger partial charge on any atom is -0.379 e. The van der Waals surface area contributed by atoms with Crippen LogP contribution in [0.15, 0.2) is 23.3 Å². The first-order valence-corrected chi connectivity index (χ1v) is 17.3. The Morgan fingerprint density at radius 2 is 1.03 bits per heavy atom. The summed E-state index contributed by atoms with van der Waals surface area (Å²) in [6.07, 6.45) is 30.6. The van der Waals surface area contributed by atoms with E-state index in [4.69, 9.17) is 4.74 Å². The fourth-order valence-corrected chi connectivity index (χ4v) is 5.96. The zero-order valence-corrected chi connectivity index (χ0v) is 28.8. The van der Waals surface area contributed by atoms with Gasteiger partial charge in [-0.1, -0.05) is 122 Å². The highest BCUT2D eigenvalue weighted by molar-refractivity contribution is 4.99. The van der Waals surface area contributed by atoms with Crippen molar-refractivity contribution in [3.8, 4) is 0 Å². The lowest BCUT2D eigenvalue weighted by molar-refractivity contribution is 0.0140. The van der Waals surface area contributed by atoms with Crippen molar-refractivity contribution in [2.24, 2.45) is 23.7 Å². The maximum atomic E-state index is 5.54. The molecule has 0 aliphatic carbocycles. The average Bonchev–Trinajstić information content (AvgIpc) is 2.86. The van der Waals surface area contributed by atoms with E-state index in [1.54, 1.807) is 11.1 Å². The van der Waals surface area contributed by atoms with E-state index in [0.29, 0.717) is 0 Å². The summed E-state index contributed by atoms with van der Waals surface area (Å²) in [4.78, 5) is 0. The molecule has 0 radical (unpaired) electrons. The van der Waals surface area contributed by atoms with E-state index in [1.165, 1.54) is 116 Å². The number of unbranched alkanes of at least 4 members (excludes halogenated alkanes) is 1. The quantitative estimate of drug-likeness (QED) is 0.0774. The van der Waals surface area contributed by atoms with Crippen LogP contribution in [0.2, 0.25) is 0 Å². The van der Waals surface area contributed by atoms with E-state index in [1.807, 2.05) is 7.11 Å². The van der Waals surface area contributed by atoms with Gasteiger partial charge in [0.2, 0.25) is 0 Å². The van der Waals surface area contributed by atoms with Gasteiger partial charge in [0.15, 0.2) is 0 Å². The lowest BCUT2D eigenvalue weighted by atomic mass is 9.91. The molecule has 0 saturated heterocycles. The summed E-state index contributed by atoms with van der Waals surface area (Å²) in [5.41, 5.74) is 3.19. The van der Waals surface area contributed by atoms with Crippen LogP contribution in [0.3, 0.4) is 0 Å². The molecule has 0 aliphatic heterocycles. The molecular formula is C38H74O. The number of ether oxygens (including phenoxy) is 1. The van der Waals surface area contributed by atoms with Crippen LogP contribution in [0.1, 0.15) is 184 Å². The number of rotatable bonds is 26. The smallest absolute Gasteiger partial charge is 0.0622 e. The van der Waals surface area contributed by atoms with Crippen molar-refractivity contribution in [3.05, 3.63) is 23.3 Å². The zero-order valence-electron chi connectivity index (χ0n) is 28.8. The van der Waals surface area contributed by atoms with E-state index in [9.17, 15) is 0 Å². The molecule has 0 spiro atoms. The van der Waals surface area contributed by atoms with Crippen LogP contribution in [-0.2, 0) is 4.74 Å². The maximum Gasteiger partial charge on any atom is 0.0622 e. The molecule has 0 amide bonds. The number of allylic oxidation sites excluding steroid dienone is 4. The molecule has 4 atom stereocenters. The minimum atomic E-state index is 0.0182. The largest absolute Gasteiger partial charge is 0.379 e. The van der Waals surface area contributed by atoms with Gasteiger partial charge in [-0.05, 0) is 109 Å². The fraction of sp³-hybridized carbons (Fsp3) is 0.895. The zero-order chi connectivity index (χ0) is 29.5. The van der Waals surface area contributed by atoms with Gasteiger partial charge in [0.1, 0.15) is 0 Å². The molecule has 0 rings (SSSR count). The summed E-state index contributed by atoms with van der Waals surface area (Å²) in [6, 6.07) is 0. The van der Waals surface area contributed by atoms with Gasteiger partial charge in [-0.2, -0.15) is 0 Å². The van der Waals surface area contributed by atoms with Crippen molar-refractivity contribution in [1.82, 2.24) is 0 Å². The average molecular weight is 547 g/mol.